The molecule has 2 N–H and O–H groups in total. The number of anilines is 1. The zero-order chi connectivity index (χ0) is 16.7. The van der Waals surface area contributed by atoms with Crippen molar-refractivity contribution in [1.82, 2.24) is 0 Å². The molecular weight excluding hydrogens is 314 g/mol. The summed E-state index contributed by atoms with van der Waals surface area (Å²) < 4.78 is 0. The molecule has 0 saturated heterocycles. The molecule has 0 unspecified atom stereocenters. The van der Waals surface area contributed by atoms with E-state index in [2.05, 4.69) is 5.32 Å². The maximum Gasteiger partial charge on any atom is 0.308 e. The predicted molar refractivity (Wildman–Crippen MR) is 89.2 cm³/mol. The SMILES string of the molecule is CC(C)=C1[C@H]2C=C[C@@H]1[C@H](C(=O)O)[C@@H]2C(=O)Nc1ccc(Cl)cc1. The van der Waals surface area contributed by atoms with Gasteiger partial charge in [0.15, 0.2) is 0 Å². The van der Waals surface area contributed by atoms with Gasteiger partial charge < -0.3 is 10.4 Å². The maximum atomic E-state index is 12.7. The molecule has 2 aliphatic rings. The van der Waals surface area contributed by atoms with Crippen LogP contribution >= 0.6 is 11.6 Å². The maximum absolute atomic E-state index is 12.7. The van der Waals surface area contributed by atoms with Gasteiger partial charge in [0.2, 0.25) is 5.91 Å². The first-order valence-corrected chi connectivity index (χ1v) is 7.92. The van der Waals surface area contributed by atoms with Gasteiger partial charge in [-0.2, -0.15) is 0 Å². The standard InChI is InChI=1S/C18H18ClNO3/c1-9(2)14-12-7-8-13(14)16(18(22)23)15(12)17(21)20-11-5-3-10(19)4-6-11/h3-8,12-13,15-16H,1-2H3,(H,20,21)(H,22,23)/t12-,13+,15-,16+/m1/s1. The number of carboxylic acids is 1. The number of carbonyl (C=O) groups excluding carboxylic acids is 1. The Kier molecular flexibility index (Phi) is 4.02. The minimum atomic E-state index is -0.920. The second kappa shape index (κ2) is 5.85. The highest BCUT2D eigenvalue weighted by Gasteiger charge is 2.54. The van der Waals surface area contributed by atoms with Gasteiger partial charge >= 0.3 is 5.97 Å². The molecule has 1 saturated carbocycles. The first-order chi connectivity index (χ1) is 10.9. The Hall–Kier alpha value is -2.07. The van der Waals surface area contributed by atoms with Gasteiger partial charge in [-0.25, -0.2) is 0 Å². The van der Waals surface area contributed by atoms with Crippen molar-refractivity contribution in [3.8, 4) is 0 Å². The highest BCUT2D eigenvalue weighted by molar-refractivity contribution is 6.30. The number of hydrogen-bond acceptors (Lipinski definition) is 2. The number of hydrogen-bond donors (Lipinski definition) is 2. The normalized spacial score (nSPS) is 28.0. The van der Waals surface area contributed by atoms with Crippen LogP contribution in [-0.2, 0) is 9.59 Å². The number of carbonyl (C=O) groups is 2. The van der Waals surface area contributed by atoms with E-state index in [4.69, 9.17) is 11.6 Å². The summed E-state index contributed by atoms with van der Waals surface area (Å²) in [6.45, 7) is 3.95. The zero-order valence-corrected chi connectivity index (χ0v) is 13.7. The van der Waals surface area contributed by atoms with Crippen LogP contribution in [0.25, 0.3) is 0 Å². The molecule has 4 nitrogen and oxygen atoms in total. The Balaban J connectivity index is 1.89. The summed E-state index contributed by atoms with van der Waals surface area (Å²) in [5.74, 6) is -2.76. The summed E-state index contributed by atoms with van der Waals surface area (Å²) in [6.07, 6.45) is 3.90. The molecule has 0 aromatic heterocycles. The molecule has 4 atom stereocenters. The van der Waals surface area contributed by atoms with Crippen LogP contribution in [-0.4, -0.2) is 17.0 Å². The Morgan fingerprint density at radius 1 is 1.04 bits per heavy atom. The summed E-state index contributed by atoms with van der Waals surface area (Å²) >= 11 is 5.84. The van der Waals surface area contributed by atoms with E-state index >= 15 is 0 Å². The number of fused-ring (bicyclic) bond motifs is 2. The van der Waals surface area contributed by atoms with Gasteiger partial charge in [0.05, 0.1) is 11.8 Å². The van der Waals surface area contributed by atoms with Crippen molar-refractivity contribution in [3.63, 3.8) is 0 Å². The molecule has 23 heavy (non-hydrogen) atoms. The minimum Gasteiger partial charge on any atom is -0.481 e. The quantitative estimate of drug-likeness (QED) is 0.829. The third-order valence-electron chi connectivity index (χ3n) is 4.68. The summed E-state index contributed by atoms with van der Waals surface area (Å²) in [6, 6.07) is 6.80. The van der Waals surface area contributed by atoms with Crippen LogP contribution in [0.15, 0.2) is 47.6 Å². The average Bonchev–Trinajstić information content (AvgIpc) is 3.05. The smallest absolute Gasteiger partial charge is 0.308 e. The fraction of sp³-hybridized carbons (Fsp3) is 0.333. The third kappa shape index (κ3) is 2.68. The molecule has 0 heterocycles. The van der Waals surface area contributed by atoms with Gasteiger partial charge in [-0.1, -0.05) is 34.9 Å². The van der Waals surface area contributed by atoms with E-state index in [1.54, 1.807) is 24.3 Å². The number of amides is 1. The van der Waals surface area contributed by atoms with Crippen LogP contribution in [0, 0.1) is 23.7 Å². The number of nitrogens with one attached hydrogen (secondary N) is 1. The highest BCUT2D eigenvalue weighted by Crippen LogP contribution is 2.53. The third-order valence-corrected chi connectivity index (χ3v) is 4.93. The van der Waals surface area contributed by atoms with Gasteiger partial charge in [0.25, 0.3) is 0 Å². The fourth-order valence-electron chi connectivity index (χ4n) is 3.80. The lowest BCUT2D eigenvalue weighted by molar-refractivity contribution is -0.146. The van der Waals surface area contributed by atoms with Crippen molar-refractivity contribution in [2.75, 3.05) is 5.32 Å². The molecule has 0 radical (unpaired) electrons. The van der Waals surface area contributed by atoms with Crippen molar-refractivity contribution < 1.29 is 14.7 Å². The van der Waals surface area contributed by atoms with Gasteiger partial charge in [0.1, 0.15) is 0 Å². The average molecular weight is 332 g/mol. The monoisotopic (exact) mass is 331 g/mol. The Bertz CT molecular complexity index is 716. The summed E-state index contributed by atoms with van der Waals surface area (Å²) in [5, 5.41) is 13.0. The van der Waals surface area contributed by atoms with Gasteiger partial charge in [-0.15, -0.1) is 0 Å². The number of halogens is 1. The largest absolute Gasteiger partial charge is 0.481 e. The van der Waals surface area contributed by atoms with Crippen molar-refractivity contribution in [3.05, 3.63) is 52.6 Å². The molecule has 1 fully saturated rings. The second-order valence-electron chi connectivity index (χ2n) is 6.28. The van der Waals surface area contributed by atoms with E-state index in [1.165, 1.54) is 0 Å². The van der Waals surface area contributed by atoms with Crippen molar-refractivity contribution in [2.24, 2.45) is 23.7 Å². The van der Waals surface area contributed by atoms with E-state index in [-0.39, 0.29) is 17.7 Å². The zero-order valence-electron chi connectivity index (χ0n) is 12.9. The lowest BCUT2D eigenvalue weighted by Crippen LogP contribution is -2.36. The molecule has 5 heteroatoms. The van der Waals surface area contributed by atoms with E-state index < -0.39 is 17.8 Å². The van der Waals surface area contributed by atoms with Gasteiger partial charge in [0, 0.05) is 22.5 Å². The number of benzene rings is 1. The first-order valence-electron chi connectivity index (χ1n) is 7.55. The topological polar surface area (TPSA) is 66.4 Å². The number of rotatable bonds is 3. The minimum absolute atomic E-state index is 0.126. The first kappa shape index (κ1) is 15.8. The highest BCUT2D eigenvalue weighted by atomic mass is 35.5. The van der Waals surface area contributed by atoms with Gasteiger partial charge in [-0.3, -0.25) is 9.59 Å². The van der Waals surface area contributed by atoms with Crippen LogP contribution in [0.1, 0.15) is 13.8 Å². The summed E-state index contributed by atoms with van der Waals surface area (Å²) in [4.78, 5) is 24.4. The van der Waals surface area contributed by atoms with Crippen LogP contribution in [0.4, 0.5) is 5.69 Å². The lowest BCUT2D eigenvalue weighted by atomic mass is 9.82. The van der Waals surface area contributed by atoms with Crippen LogP contribution in [0.2, 0.25) is 5.02 Å². The fourth-order valence-corrected chi connectivity index (χ4v) is 3.93. The molecule has 1 amide bonds. The Morgan fingerprint density at radius 2 is 1.61 bits per heavy atom. The van der Waals surface area contributed by atoms with E-state index in [0.29, 0.717) is 10.7 Å². The lowest BCUT2D eigenvalue weighted by Gasteiger charge is -2.23. The molecule has 0 aliphatic heterocycles. The number of aliphatic carboxylic acids is 1. The van der Waals surface area contributed by atoms with E-state index in [1.807, 2.05) is 26.0 Å². The predicted octanol–water partition coefficient (Wildman–Crippen LogP) is 3.75. The van der Waals surface area contributed by atoms with Crippen molar-refractivity contribution in [2.45, 2.75) is 13.8 Å². The molecule has 2 aliphatic carbocycles. The molecule has 0 spiro atoms. The van der Waals surface area contributed by atoms with Crippen LogP contribution in [0.3, 0.4) is 0 Å². The summed E-state index contributed by atoms with van der Waals surface area (Å²) in [7, 11) is 0. The molecule has 1 aromatic rings. The summed E-state index contributed by atoms with van der Waals surface area (Å²) in [5.41, 5.74) is 2.79. The second-order valence-corrected chi connectivity index (χ2v) is 6.71. The van der Waals surface area contributed by atoms with E-state index in [9.17, 15) is 14.7 Å². The van der Waals surface area contributed by atoms with Crippen molar-refractivity contribution >= 4 is 29.2 Å². The molecule has 3 rings (SSSR count). The molecule has 120 valence electrons. The Morgan fingerprint density at radius 3 is 2.13 bits per heavy atom. The Labute approximate surface area is 139 Å². The molecule has 1 aromatic carbocycles. The van der Waals surface area contributed by atoms with E-state index in [0.717, 1.165) is 11.1 Å². The van der Waals surface area contributed by atoms with Crippen LogP contribution < -0.4 is 5.32 Å². The number of carboxylic acid groups (broad SMARTS) is 1. The van der Waals surface area contributed by atoms with Crippen LogP contribution in [0.5, 0.6) is 0 Å². The number of allylic oxidation sites excluding steroid dienone is 4. The van der Waals surface area contributed by atoms with Gasteiger partial charge in [-0.05, 0) is 38.1 Å². The van der Waals surface area contributed by atoms with Crippen molar-refractivity contribution in [1.29, 1.82) is 0 Å². The molecule has 2 bridgehead atoms. The molecular formula is C18H18ClNO3.